The average molecular weight is 260 g/mol. The van der Waals surface area contributed by atoms with Gasteiger partial charge in [0.15, 0.2) is 0 Å². The van der Waals surface area contributed by atoms with Crippen molar-refractivity contribution in [3.8, 4) is 0 Å². The van der Waals surface area contributed by atoms with Crippen molar-refractivity contribution in [3.05, 3.63) is 35.4 Å². The maximum atomic E-state index is 11.8. The van der Waals surface area contributed by atoms with E-state index in [1.807, 2.05) is 12.1 Å². The molecule has 2 amide bonds. The highest BCUT2D eigenvalue weighted by molar-refractivity contribution is 5.89. The van der Waals surface area contributed by atoms with Crippen LogP contribution in [0, 0.1) is 5.92 Å². The van der Waals surface area contributed by atoms with Gasteiger partial charge in [-0.1, -0.05) is 38.1 Å². The molecule has 0 aromatic heterocycles. The van der Waals surface area contributed by atoms with E-state index in [0.29, 0.717) is 25.4 Å². The maximum absolute atomic E-state index is 11.8. The minimum absolute atomic E-state index is 0.0403. The van der Waals surface area contributed by atoms with Gasteiger partial charge in [0, 0.05) is 19.5 Å². The van der Waals surface area contributed by atoms with E-state index in [-0.39, 0.29) is 17.7 Å². The molecule has 1 atom stereocenters. The van der Waals surface area contributed by atoms with Gasteiger partial charge in [0.05, 0.1) is 5.92 Å². The fourth-order valence-corrected chi connectivity index (χ4v) is 2.14. The zero-order chi connectivity index (χ0) is 13.8. The monoisotopic (exact) mass is 260 g/mol. The third-order valence-electron chi connectivity index (χ3n) is 3.46. The summed E-state index contributed by atoms with van der Waals surface area (Å²) in [5.74, 6) is 0.203. The van der Waals surface area contributed by atoms with Crippen LogP contribution in [0.5, 0.6) is 0 Å². The highest BCUT2D eigenvalue weighted by atomic mass is 16.2. The summed E-state index contributed by atoms with van der Waals surface area (Å²) < 4.78 is 0. The van der Waals surface area contributed by atoms with Crippen LogP contribution in [0.25, 0.3) is 0 Å². The standard InChI is InChI=1S/C15H20N2O2/c1-10(2)12-5-3-11(4-6-12)8-17-15(19)13-7-14(18)16-9-13/h3-6,10,13H,7-9H2,1-2H3,(H,16,18)(H,17,19). The number of amides is 2. The van der Waals surface area contributed by atoms with E-state index in [0.717, 1.165) is 5.56 Å². The molecule has 2 N–H and O–H groups in total. The van der Waals surface area contributed by atoms with Gasteiger partial charge in [-0.15, -0.1) is 0 Å². The van der Waals surface area contributed by atoms with Crippen LogP contribution in [-0.4, -0.2) is 18.4 Å². The number of rotatable bonds is 4. The lowest BCUT2D eigenvalue weighted by Gasteiger charge is -2.10. The van der Waals surface area contributed by atoms with Crippen molar-refractivity contribution in [1.82, 2.24) is 10.6 Å². The second kappa shape index (κ2) is 5.87. The third kappa shape index (κ3) is 3.56. The van der Waals surface area contributed by atoms with Crippen molar-refractivity contribution in [2.75, 3.05) is 6.54 Å². The van der Waals surface area contributed by atoms with Gasteiger partial charge in [-0.2, -0.15) is 0 Å². The molecule has 0 aliphatic carbocycles. The van der Waals surface area contributed by atoms with Crippen LogP contribution in [0.15, 0.2) is 24.3 Å². The second-order valence-electron chi connectivity index (χ2n) is 5.32. The molecular formula is C15H20N2O2. The number of hydrogen-bond acceptors (Lipinski definition) is 2. The lowest BCUT2D eigenvalue weighted by atomic mass is 10.0. The SMILES string of the molecule is CC(C)c1ccc(CNC(=O)C2CNC(=O)C2)cc1. The number of nitrogens with one attached hydrogen (secondary N) is 2. The van der Waals surface area contributed by atoms with Crippen molar-refractivity contribution < 1.29 is 9.59 Å². The Bertz CT molecular complexity index is 466. The van der Waals surface area contributed by atoms with Gasteiger partial charge in [-0.25, -0.2) is 0 Å². The summed E-state index contributed by atoms with van der Waals surface area (Å²) in [5, 5.41) is 5.55. The molecule has 1 aromatic rings. The van der Waals surface area contributed by atoms with Crippen molar-refractivity contribution in [3.63, 3.8) is 0 Å². The van der Waals surface area contributed by atoms with E-state index in [2.05, 4.69) is 36.6 Å². The van der Waals surface area contributed by atoms with Gasteiger partial charge in [-0.3, -0.25) is 9.59 Å². The van der Waals surface area contributed by atoms with Gasteiger partial charge < -0.3 is 10.6 Å². The minimum Gasteiger partial charge on any atom is -0.355 e. The second-order valence-corrected chi connectivity index (χ2v) is 5.32. The van der Waals surface area contributed by atoms with Crippen molar-refractivity contribution >= 4 is 11.8 Å². The molecule has 102 valence electrons. The van der Waals surface area contributed by atoms with E-state index < -0.39 is 0 Å². The van der Waals surface area contributed by atoms with E-state index in [1.54, 1.807) is 0 Å². The Kier molecular flexibility index (Phi) is 4.20. The van der Waals surface area contributed by atoms with Crippen LogP contribution in [-0.2, 0) is 16.1 Å². The zero-order valence-corrected chi connectivity index (χ0v) is 11.4. The van der Waals surface area contributed by atoms with Gasteiger partial charge in [0.2, 0.25) is 11.8 Å². The zero-order valence-electron chi connectivity index (χ0n) is 11.4. The molecule has 1 fully saturated rings. The smallest absolute Gasteiger partial charge is 0.225 e. The first-order valence-corrected chi connectivity index (χ1v) is 6.69. The van der Waals surface area contributed by atoms with Crippen molar-refractivity contribution in [2.24, 2.45) is 5.92 Å². The molecule has 0 saturated carbocycles. The largest absolute Gasteiger partial charge is 0.355 e. The lowest BCUT2D eigenvalue weighted by Crippen LogP contribution is -2.31. The third-order valence-corrected chi connectivity index (χ3v) is 3.46. The molecule has 1 heterocycles. The quantitative estimate of drug-likeness (QED) is 0.863. The molecule has 0 bridgehead atoms. The van der Waals surface area contributed by atoms with Gasteiger partial charge in [0.1, 0.15) is 0 Å². The molecular weight excluding hydrogens is 240 g/mol. The number of carbonyl (C=O) groups excluding carboxylic acids is 2. The summed E-state index contributed by atoms with van der Waals surface area (Å²) in [6.07, 6.45) is 0.304. The van der Waals surface area contributed by atoms with E-state index in [4.69, 9.17) is 0 Å². The fourth-order valence-electron chi connectivity index (χ4n) is 2.14. The van der Waals surface area contributed by atoms with Crippen LogP contribution < -0.4 is 10.6 Å². The van der Waals surface area contributed by atoms with Gasteiger partial charge >= 0.3 is 0 Å². The molecule has 0 spiro atoms. The molecule has 1 aromatic carbocycles. The Balaban J connectivity index is 1.85. The van der Waals surface area contributed by atoms with E-state index in [9.17, 15) is 9.59 Å². The fraction of sp³-hybridized carbons (Fsp3) is 0.467. The van der Waals surface area contributed by atoms with Crippen LogP contribution in [0.1, 0.15) is 37.3 Å². The van der Waals surface area contributed by atoms with E-state index >= 15 is 0 Å². The Hall–Kier alpha value is -1.84. The molecule has 1 saturated heterocycles. The molecule has 1 aliphatic heterocycles. The van der Waals surface area contributed by atoms with Crippen LogP contribution in [0.4, 0.5) is 0 Å². The Labute approximate surface area is 113 Å². The summed E-state index contributed by atoms with van der Waals surface area (Å²) in [4.78, 5) is 22.9. The Morgan fingerprint density at radius 1 is 1.37 bits per heavy atom. The molecule has 1 aliphatic rings. The lowest BCUT2D eigenvalue weighted by molar-refractivity contribution is -0.126. The summed E-state index contributed by atoms with van der Waals surface area (Å²) in [7, 11) is 0. The average Bonchev–Trinajstić information content (AvgIpc) is 2.83. The molecule has 1 unspecified atom stereocenters. The number of benzene rings is 1. The summed E-state index contributed by atoms with van der Waals surface area (Å²) in [6.45, 7) is 5.28. The van der Waals surface area contributed by atoms with Crippen LogP contribution >= 0.6 is 0 Å². The first-order valence-electron chi connectivity index (χ1n) is 6.69. The normalized spacial score (nSPS) is 18.5. The van der Waals surface area contributed by atoms with Crippen molar-refractivity contribution in [2.45, 2.75) is 32.7 Å². The molecule has 2 rings (SSSR count). The first kappa shape index (κ1) is 13.6. The predicted molar refractivity (Wildman–Crippen MR) is 73.5 cm³/mol. The highest BCUT2D eigenvalue weighted by Gasteiger charge is 2.27. The molecule has 4 nitrogen and oxygen atoms in total. The minimum atomic E-state index is -0.220. The molecule has 4 heteroatoms. The van der Waals surface area contributed by atoms with Gasteiger partial charge in [0.25, 0.3) is 0 Å². The molecule has 0 radical (unpaired) electrons. The van der Waals surface area contributed by atoms with E-state index in [1.165, 1.54) is 5.56 Å². The Morgan fingerprint density at radius 2 is 2.05 bits per heavy atom. The van der Waals surface area contributed by atoms with Gasteiger partial charge in [-0.05, 0) is 17.0 Å². The van der Waals surface area contributed by atoms with Crippen molar-refractivity contribution in [1.29, 1.82) is 0 Å². The Morgan fingerprint density at radius 3 is 2.58 bits per heavy atom. The summed E-state index contributed by atoms with van der Waals surface area (Å²) >= 11 is 0. The molecule has 19 heavy (non-hydrogen) atoms. The summed E-state index contributed by atoms with van der Waals surface area (Å²) in [5.41, 5.74) is 2.37. The summed E-state index contributed by atoms with van der Waals surface area (Å²) in [6, 6.07) is 8.25. The van der Waals surface area contributed by atoms with Crippen LogP contribution in [0.3, 0.4) is 0 Å². The number of hydrogen-bond donors (Lipinski definition) is 2. The topological polar surface area (TPSA) is 58.2 Å². The number of carbonyl (C=O) groups is 2. The maximum Gasteiger partial charge on any atom is 0.225 e. The first-order chi connectivity index (χ1) is 9.06. The van der Waals surface area contributed by atoms with Crippen LogP contribution in [0.2, 0.25) is 0 Å². The predicted octanol–water partition coefficient (Wildman–Crippen LogP) is 1.56. The highest BCUT2D eigenvalue weighted by Crippen LogP contribution is 2.15.